The molecular weight excluding hydrogens is 436 g/mol. The van der Waals surface area contributed by atoms with Gasteiger partial charge in [0.2, 0.25) is 5.95 Å². The van der Waals surface area contributed by atoms with Crippen molar-refractivity contribution in [3.8, 4) is 16.9 Å². The molecule has 0 unspecified atom stereocenters. The van der Waals surface area contributed by atoms with E-state index in [9.17, 15) is 17.2 Å². The van der Waals surface area contributed by atoms with E-state index in [1.54, 1.807) is 6.07 Å². The number of ether oxygens (including phenoxy) is 1. The molecule has 32 heavy (non-hydrogen) atoms. The molecule has 0 N–H and O–H groups in total. The third kappa shape index (κ3) is 4.72. The van der Waals surface area contributed by atoms with Gasteiger partial charge in [-0.2, -0.15) is 0 Å². The first kappa shape index (κ1) is 22.1. The van der Waals surface area contributed by atoms with Crippen LogP contribution in [0.15, 0.2) is 53.7 Å². The molecule has 0 amide bonds. The van der Waals surface area contributed by atoms with Gasteiger partial charge in [-0.25, -0.2) is 27.2 Å². The molecule has 1 aliphatic heterocycles. The second kappa shape index (κ2) is 8.82. The molecule has 1 aromatic heterocycles. The highest BCUT2D eigenvalue weighted by atomic mass is 32.2. The summed E-state index contributed by atoms with van der Waals surface area (Å²) in [6.45, 7) is 3.84. The molecule has 1 fully saturated rings. The van der Waals surface area contributed by atoms with E-state index >= 15 is 0 Å². The Morgan fingerprint density at radius 2 is 1.78 bits per heavy atom. The third-order valence-corrected chi connectivity index (χ3v) is 6.54. The lowest BCUT2D eigenvalue weighted by Gasteiger charge is -2.38. The van der Waals surface area contributed by atoms with Crippen LogP contribution >= 0.6 is 0 Å². The van der Waals surface area contributed by atoms with E-state index in [0.29, 0.717) is 18.1 Å². The smallest absolute Gasteiger partial charge is 0.225 e. The highest BCUT2D eigenvalue weighted by Crippen LogP contribution is 2.30. The van der Waals surface area contributed by atoms with Gasteiger partial charge in [0.05, 0.1) is 11.5 Å². The van der Waals surface area contributed by atoms with Crippen molar-refractivity contribution < 1.29 is 21.9 Å². The van der Waals surface area contributed by atoms with Crippen LogP contribution in [0.5, 0.6) is 5.75 Å². The molecule has 0 spiro atoms. The summed E-state index contributed by atoms with van der Waals surface area (Å²) in [6.07, 6.45) is 5.53. The van der Waals surface area contributed by atoms with Gasteiger partial charge >= 0.3 is 0 Å². The molecule has 0 atom stereocenters. The minimum absolute atomic E-state index is 0.0870. The van der Waals surface area contributed by atoms with Crippen molar-refractivity contribution in [1.82, 2.24) is 9.97 Å². The number of aryl methyl sites for hydroxylation is 1. The first-order valence-corrected chi connectivity index (χ1v) is 12.1. The number of nitrogens with zero attached hydrogens (tertiary/aromatic N) is 3. The zero-order valence-electron chi connectivity index (χ0n) is 17.8. The van der Waals surface area contributed by atoms with E-state index < -0.39 is 21.5 Å². The molecular formula is C23H23F2N3O3S. The van der Waals surface area contributed by atoms with Crippen molar-refractivity contribution in [2.75, 3.05) is 30.9 Å². The maximum atomic E-state index is 14.5. The number of aromatic nitrogens is 2. The summed E-state index contributed by atoms with van der Waals surface area (Å²) >= 11 is 0. The fourth-order valence-corrected chi connectivity index (χ4v) is 4.12. The Balaban J connectivity index is 1.36. The zero-order chi connectivity index (χ0) is 22.9. The molecule has 9 heteroatoms. The van der Waals surface area contributed by atoms with Crippen LogP contribution in [0.1, 0.15) is 12.5 Å². The normalized spacial score (nSPS) is 14.3. The minimum atomic E-state index is -3.52. The Kier molecular flexibility index (Phi) is 6.10. The molecule has 2 aromatic carbocycles. The highest BCUT2D eigenvalue weighted by molar-refractivity contribution is 7.90. The Morgan fingerprint density at radius 3 is 2.38 bits per heavy atom. The molecule has 168 valence electrons. The predicted octanol–water partition coefficient (Wildman–Crippen LogP) is 3.90. The van der Waals surface area contributed by atoms with Crippen LogP contribution in [0.3, 0.4) is 0 Å². The number of sulfone groups is 1. The number of anilines is 1. The largest absolute Gasteiger partial charge is 0.490 e. The van der Waals surface area contributed by atoms with Crippen molar-refractivity contribution in [1.29, 1.82) is 0 Å². The quantitative estimate of drug-likeness (QED) is 0.534. The average molecular weight is 460 g/mol. The van der Waals surface area contributed by atoms with Gasteiger partial charge in [0.1, 0.15) is 5.82 Å². The van der Waals surface area contributed by atoms with E-state index in [2.05, 4.69) is 9.97 Å². The summed E-state index contributed by atoms with van der Waals surface area (Å²) in [5.41, 5.74) is 1.50. The lowest BCUT2D eigenvalue weighted by Crippen LogP contribution is -2.50. The third-order valence-electron chi connectivity index (χ3n) is 5.43. The Hall–Kier alpha value is -3.07. The van der Waals surface area contributed by atoms with Gasteiger partial charge in [-0.15, -0.1) is 0 Å². The lowest BCUT2D eigenvalue weighted by molar-refractivity contribution is 0.212. The summed E-state index contributed by atoms with van der Waals surface area (Å²) in [5, 5.41) is 0. The summed E-state index contributed by atoms with van der Waals surface area (Å²) in [5.74, 6) is -0.347. The van der Waals surface area contributed by atoms with E-state index in [4.69, 9.17) is 4.74 Å². The van der Waals surface area contributed by atoms with E-state index in [0.717, 1.165) is 37.4 Å². The van der Waals surface area contributed by atoms with Gasteiger partial charge < -0.3 is 9.64 Å². The van der Waals surface area contributed by atoms with Crippen LogP contribution < -0.4 is 9.64 Å². The number of halogens is 2. The molecule has 0 saturated carbocycles. The van der Waals surface area contributed by atoms with Crippen molar-refractivity contribution >= 4 is 15.8 Å². The average Bonchev–Trinajstić information content (AvgIpc) is 2.73. The van der Waals surface area contributed by atoms with Crippen LogP contribution in [0, 0.1) is 17.6 Å². The number of hydrogen-bond donors (Lipinski definition) is 0. The Bertz CT molecular complexity index is 1230. The van der Waals surface area contributed by atoms with Gasteiger partial charge in [0.15, 0.2) is 21.4 Å². The standard InChI is InChI=1S/C23H23F2N3O3S/c1-3-15-10-26-23(27-11-15)28-12-16(13-28)14-31-22-7-4-17(8-21(22)25)19-6-5-18(9-20(19)24)32(2,29)30/h4-11,16H,3,12-14H2,1-2H3. The first-order chi connectivity index (χ1) is 15.2. The highest BCUT2D eigenvalue weighted by Gasteiger charge is 2.29. The van der Waals surface area contributed by atoms with Crippen LogP contribution in [0.4, 0.5) is 14.7 Å². The van der Waals surface area contributed by atoms with Crippen molar-refractivity contribution in [2.24, 2.45) is 5.92 Å². The Morgan fingerprint density at radius 1 is 1.06 bits per heavy atom. The second-order valence-corrected chi connectivity index (χ2v) is 9.90. The van der Waals surface area contributed by atoms with Crippen LogP contribution in [-0.4, -0.2) is 44.3 Å². The van der Waals surface area contributed by atoms with Crippen molar-refractivity contribution in [3.63, 3.8) is 0 Å². The van der Waals surface area contributed by atoms with Gasteiger partial charge in [-0.3, -0.25) is 0 Å². The van der Waals surface area contributed by atoms with E-state index in [1.807, 2.05) is 24.2 Å². The van der Waals surface area contributed by atoms with Crippen LogP contribution in [-0.2, 0) is 16.3 Å². The molecule has 0 bridgehead atoms. The SMILES string of the molecule is CCc1cnc(N2CC(COc3ccc(-c4ccc(S(C)(=O)=O)cc4F)cc3F)C2)nc1. The van der Waals surface area contributed by atoms with Gasteiger partial charge in [0.25, 0.3) is 0 Å². The molecule has 1 saturated heterocycles. The number of rotatable bonds is 7. The van der Waals surface area contributed by atoms with Crippen molar-refractivity contribution in [3.05, 3.63) is 66.0 Å². The zero-order valence-corrected chi connectivity index (χ0v) is 18.6. The molecule has 1 aliphatic rings. The molecule has 0 aliphatic carbocycles. The van der Waals surface area contributed by atoms with Crippen molar-refractivity contribution in [2.45, 2.75) is 18.2 Å². The molecule has 6 nitrogen and oxygen atoms in total. The lowest BCUT2D eigenvalue weighted by atomic mass is 10.0. The summed E-state index contributed by atoms with van der Waals surface area (Å²) in [4.78, 5) is 10.6. The summed E-state index contributed by atoms with van der Waals surface area (Å²) in [7, 11) is -3.52. The summed E-state index contributed by atoms with van der Waals surface area (Å²) < 4.78 is 57.7. The fraction of sp³-hybridized carbons (Fsp3) is 0.304. The van der Waals surface area contributed by atoms with Gasteiger partial charge in [0, 0.05) is 43.2 Å². The van der Waals surface area contributed by atoms with Gasteiger partial charge in [-0.05, 0) is 41.8 Å². The topological polar surface area (TPSA) is 72.4 Å². The first-order valence-electron chi connectivity index (χ1n) is 10.2. The van der Waals surface area contributed by atoms with Crippen LogP contribution in [0.2, 0.25) is 0 Å². The van der Waals surface area contributed by atoms with E-state index in [-0.39, 0.29) is 22.1 Å². The molecule has 3 aromatic rings. The fourth-order valence-electron chi connectivity index (χ4n) is 3.49. The Labute approximate surface area is 185 Å². The number of hydrogen-bond acceptors (Lipinski definition) is 6. The predicted molar refractivity (Wildman–Crippen MR) is 118 cm³/mol. The number of benzene rings is 2. The molecule has 2 heterocycles. The van der Waals surface area contributed by atoms with Gasteiger partial charge in [-0.1, -0.05) is 19.1 Å². The summed E-state index contributed by atoms with van der Waals surface area (Å²) in [6, 6.07) is 7.76. The molecule has 0 radical (unpaired) electrons. The second-order valence-electron chi connectivity index (χ2n) is 7.89. The monoisotopic (exact) mass is 459 g/mol. The minimum Gasteiger partial charge on any atom is -0.490 e. The maximum absolute atomic E-state index is 14.5. The molecule has 4 rings (SSSR count). The maximum Gasteiger partial charge on any atom is 0.225 e. The van der Waals surface area contributed by atoms with Crippen LogP contribution in [0.25, 0.3) is 11.1 Å². The van der Waals surface area contributed by atoms with E-state index in [1.165, 1.54) is 24.3 Å².